The van der Waals surface area contributed by atoms with Gasteiger partial charge >= 0.3 is 11.9 Å². The molecule has 6 nitrogen and oxygen atoms in total. The highest BCUT2D eigenvalue weighted by Gasteiger charge is 2.26. The molecule has 6 aromatic rings. The summed E-state index contributed by atoms with van der Waals surface area (Å²) < 4.78 is 9.56. The van der Waals surface area contributed by atoms with Crippen molar-refractivity contribution in [2.24, 2.45) is 0 Å². The van der Waals surface area contributed by atoms with E-state index >= 15 is 0 Å². The average molecular weight is 681 g/mol. The fourth-order valence-electron chi connectivity index (χ4n) is 7.32. The van der Waals surface area contributed by atoms with E-state index in [2.05, 4.69) is 116 Å². The molecule has 262 valence electrons. The Labute approximate surface area is 300 Å². The molecule has 2 fully saturated rings. The first-order valence-corrected chi connectivity index (χ1v) is 18.4. The number of esters is 1. The van der Waals surface area contributed by atoms with Crippen molar-refractivity contribution in [1.82, 2.24) is 9.13 Å². The number of hydrogen-bond donors (Lipinski definition) is 1. The zero-order valence-electron chi connectivity index (χ0n) is 30.4. The predicted molar refractivity (Wildman–Crippen MR) is 205 cm³/mol. The molecule has 8 rings (SSSR count). The van der Waals surface area contributed by atoms with E-state index in [1.165, 1.54) is 71.3 Å². The van der Waals surface area contributed by atoms with Crippen LogP contribution in [-0.4, -0.2) is 33.3 Å². The first-order chi connectivity index (χ1) is 24.6. The van der Waals surface area contributed by atoms with E-state index in [1.807, 2.05) is 18.2 Å². The second-order valence-electron chi connectivity index (χ2n) is 15.0. The molecule has 2 aliphatic carbocycles. The Kier molecular flexibility index (Phi) is 9.61. The van der Waals surface area contributed by atoms with E-state index in [0.717, 1.165) is 23.1 Å². The summed E-state index contributed by atoms with van der Waals surface area (Å²) in [6, 6.07) is 30.5. The third-order valence-corrected chi connectivity index (χ3v) is 10.5. The molecule has 0 amide bonds. The Bertz CT molecular complexity index is 2230. The molecule has 51 heavy (non-hydrogen) atoms. The van der Waals surface area contributed by atoms with Crippen LogP contribution in [-0.2, 0) is 17.6 Å². The van der Waals surface area contributed by atoms with E-state index in [0.29, 0.717) is 41.5 Å². The van der Waals surface area contributed by atoms with Crippen molar-refractivity contribution in [2.75, 3.05) is 7.11 Å². The van der Waals surface area contributed by atoms with Crippen molar-refractivity contribution < 1.29 is 19.4 Å². The van der Waals surface area contributed by atoms with Gasteiger partial charge in [0.15, 0.2) is 0 Å². The number of rotatable bonds is 10. The normalized spacial score (nSPS) is 14.3. The maximum atomic E-state index is 12.3. The molecular weight excluding hydrogens is 633 g/mol. The molecule has 6 heteroatoms. The quantitative estimate of drug-likeness (QED) is 0.146. The fourth-order valence-corrected chi connectivity index (χ4v) is 7.32. The first kappa shape index (κ1) is 34.4. The van der Waals surface area contributed by atoms with E-state index in [-0.39, 0.29) is 5.97 Å². The van der Waals surface area contributed by atoms with Gasteiger partial charge in [-0.1, -0.05) is 36.4 Å². The lowest BCUT2D eigenvalue weighted by molar-refractivity contribution is 0.0598. The van der Waals surface area contributed by atoms with Crippen LogP contribution in [0.15, 0.2) is 97.3 Å². The zero-order chi connectivity index (χ0) is 35.8. The summed E-state index contributed by atoms with van der Waals surface area (Å²) in [5, 5.41) is 12.1. The first-order valence-electron chi connectivity index (χ1n) is 18.4. The third-order valence-electron chi connectivity index (χ3n) is 10.5. The maximum Gasteiger partial charge on any atom is 0.338 e. The Balaban J connectivity index is 0.000000159. The van der Waals surface area contributed by atoms with Crippen molar-refractivity contribution in [2.45, 2.75) is 90.1 Å². The van der Waals surface area contributed by atoms with Gasteiger partial charge in [-0.3, -0.25) is 0 Å². The predicted octanol–water partition coefficient (Wildman–Crippen LogP) is 10.9. The van der Waals surface area contributed by atoms with Crippen LogP contribution < -0.4 is 0 Å². The van der Waals surface area contributed by atoms with Crippen LogP contribution in [0.3, 0.4) is 0 Å². The van der Waals surface area contributed by atoms with Gasteiger partial charge in [-0.15, -0.1) is 0 Å². The Hall–Kier alpha value is -5.10. The second-order valence-corrected chi connectivity index (χ2v) is 15.0. The van der Waals surface area contributed by atoms with Crippen LogP contribution in [0.2, 0.25) is 0 Å². The van der Waals surface area contributed by atoms with Gasteiger partial charge in [-0.25, -0.2) is 9.59 Å². The number of nitrogens with zero attached hydrogens (tertiary/aromatic N) is 2. The zero-order valence-corrected chi connectivity index (χ0v) is 30.4. The number of carbonyl (C=O) groups excluding carboxylic acids is 1. The molecule has 0 radical (unpaired) electrons. The number of ether oxygens (including phenoxy) is 1. The average Bonchev–Trinajstić information content (AvgIpc) is 4.06. The lowest BCUT2D eigenvalue weighted by atomic mass is 9.96. The highest BCUT2D eigenvalue weighted by molar-refractivity contribution is 5.92. The fraction of sp³-hybridized carbons (Fsp3) is 0.333. The van der Waals surface area contributed by atoms with Crippen LogP contribution in [0.25, 0.3) is 21.8 Å². The van der Waals surface area contributed by atoms with E-state index in [9.17, 15) is 14.7 Å². The molecule has 4 aromatic carbocycles. The lowest BCUT2D eigenvalue weighted by Crippen LogP contribution is -2.07. The topological polar surface area (TPSA) is 73.5 Å². The number of benzene rings is 4. The lowest BCUT2D eigenvalue weighted by Gasteiger charge is -2.12. The molecule has 1 N–H and O–H groups in total. The standard InChI is InChI=1S/C23H25NO2.C22H23NO2/c1-15(2)24-11-10-20-13-16(4-9-22(20)24)12-19-8-7-18(17-5-6-17)14-21(19)23(25)26-3;1-14(2)23-10-9-19-12-15(3-8-21(19)23)11-18-7-6-17(16-4-5-16)13-20(18)22(24)25/h4,7-11,13-15,17H,5-6,12H2,1-3H3;3,6-10,12-14,16H,4-5,11H2,1-2H3,(H,24,25). The third kappa shape index (κ3) is 7.51. The summed E-state index contributed by atoms with van der Waals surface area (Å²) in [4.78, 5) is 24.0. The summed E-state index contributed by atoms with van der Waals surface area (Å²) in [6.07, 6.45) is 10.5. The molecule has 0 bridgehead atoms. The number of methoxy groups -OCH3 is 1. The summed E-state index contributed by atoms with van der Waals surface area (Å²) in [7, 11) is 1.45. The van der Waals surface area contributed by atoms with Crippen LogP contribution >= 0.6 is 0 Å². The van der Waals surface area contributed by atoms with Gasteiger partial charge in [0.1, 0.15) is 0 Å². The van der Waals surface area contributed by atoms with Gasteiger partial charge in [0.2, 0.25) is 0 Å². The summed E-state index contributed by atoms with van der Waals surface area (Å²) in [5.41, 5.74) is 10.3. The Morgan fingerprint density at radius 1 is 0.647 bits per heavy atom. The van der Waals surface area contributed by atoms with Gasteiger partial charge in [0, 0.05) is 35.5 Å². The van der Waals surface area contributed by atoms with Crippen LogP contribution in [0.4, 0.5) is 0 Å². The van der Waals surface area contributed by atoms with Gasteiger partial charge in [0.05, 0.1) is 18.2 Å². The molecule has 0 atom stereocenters. The minimum absolute atomic E-state index is 0.241. The Morgan fingerprint density at radius 3 is 1.51 bits per heavy atom. The van der Waals surface area contributed by atoms with Crippen LogP contribution in [0.5, 0.6) is 0 Å². The molecule has 2 aromatic heterocycles. The van der Waals surface area contributed by atoms with E-state index in [4.69, 9.17) is 4.74 Å². The number of carboxylic acids is 1. The van der Waals surface area contributed by atoms with Crippen molar-refractivity contribution in [3.05, 3.63) is 142 Å². The number of carboxylic acid groups (broad SMARTS) is 1. The maximum absolute atomic E-state index is 12.3. The van der Waals surface area contributed by atoms with Crippen molar-refractivity contribution in [3.8, 4) is 0 Å². The van der Waals surface area contributed by atoms with Gasteiger partial charge in [0.25, 0.3) is 0 Å². The Morgan fingerprint density at radius 2 is 1.10 bits per heavy atom. The molecule has 2 saturated carbocycles. The molecule has 0 aliphatic heterocycles. The SMILES string of the molecule is CC(C)n1ccc2cc(Cc3ccc(C4CC4)cc3C(=O)O)ccc21.COC(=O)c1cc(C2CC2)ccc1Cc1ccc2c(ccn2C(C)C)c1. The number of aromatic nitrogens is 2. The minimum atomic E-state index is -0.829. The number of hydrogen-bond acceptors (Lipinski definition) is 3. The molecule has 2 heterocycles. The molecule has 0 unspecified atom stereocenters. The van der Waals surface area contributed by atoms with E-state index < -0.39 is 5.97 Å². The molecular formula is C45H48N2O4. The van der Waals surface area contributed by atoms with Crippen LogP contribution in [0, 0.1) is 0 Å². The van der Waals surface area contributed by atoms with Gasteiger partial charge in [-0.05, 0) is 171 Å². The molecule has 0 spiro atoms. The van der Waals surface area contributed by atoms with Gasteiger partial charge < -0.3 is 19.0 Å². The van der Waals surface area contributed by atoms with Crippen molar-refractivity contribution in [1.29, 1.82) is 0 Å². The van der Waals surface area contributed by atoms with Crippen LogP contribution in [0.1, 0.15) is 131 Å². The summed E-state index contributed by atoms with van der Waals surface area (Å²) in [5.74, 6) is 0.123. The second kappa shape index (κ2) is 14.3. The highest BCUT2D eigenvalue weighted by atomic mass is 16.5. The van der Waals surface area contributed by atoms with Gasteiger partial charge in [-0.2, -0.15) is 0 Å². The van der Waals surface area contributed by atoms with Crippen molar-refractivity contribution in [3.63, 3.8) is 0 Å². The molecule has 0 saturated heterocycles. The number of carbonyl (C=O) groups is 2. The highest BCUT2D eigenvalue weighted by Crippen LogP contribution is 2.41. The largest absolute Gasteiger partial charge is 0.478 e. The number of aromatic carboxylic acids is 1. The van der Waals surface area contributed by atoms with Crippen molar-refractivity contribution >= 4 is 33.7 Å². The minimum Gasteiger partial charge on any atom is -0.478 e. The van der Waals surface area contributed by atoms with E-state index in [1.54, 1.807) is 0 Å². The molecule has 2 aliphatic rings. The summed E-state index contributed by atoms with van der Waals surface area (Å²) >= 11 is 0. The smallest absolute Gasteiger partial charge is 0.338 e. The monoisotopic (exact) mass is 680 g/mol. The summed E-state index contributed by atoms with van der Waals surface area (Å²) in [6.45, 7) is 8.73. The number of fused-ring (bicyclic) bond motifs is 2.